The molecule has 0 spiro atoms. The van der Waals surface area contributed by atoms with E-state index in [-0.39, 0.29) is 17.3 Å². The minimum Gasteiger partial charge on any atom is -0.462 e. The molecular weight excluding hydrogens is 318 g/mol. The number of amides is 1. The summed E-state index contributed by atoms with van der Waals surface area (Å²) in [7, 11) is 0. The van der Waals surface area contributed by atoms with Crippen LogP contribution in [-0.4, -0.2) is 28.5 Å². The lowest BCUT2D eigenvalue weighted by Crippen LogP contribution is -2.25. The maximum Gasteiger partial charge on any atom is 0.350 e. The molecule has 0 radical (unpaired) electrons. The van der Waals surface area contributed by atoms with Crippen LogP contribution in [0.2, 0.25) is 0 Å². The molecule has 0 atom stereocenters. The highest BCUT2D eigenvalue weighted by Gasteiger charge is 2.20. The molecule has 0 saturated heterocycles. The van der Waals surface area contributed by atoms with E-state index >= 15 is 0 Å². The van der Waals surface area contributed by atoms with Crippen molar-refractivity contribution in [3.63, 3.8) is 0 Å². The molecule has 0 aliphatic carbocycles. The number of thiazole rings is 1. The van der Waals surface area contributed by atoms with Crippen molar-refractivity contribution in [3.8, 4) is 0 Å². The van der Waals surface area contributed by atoms with E-state index in [0.29, 0.717) is 21.8 Å². The second-order valence-electron chi connectivity index (χ2n) is 4.95. The number of esters is 1. The molecule has 0 bridgehead atoms. The summed E-state index contributed by atoms with van der Waals surface area (Å²) in [6.07, 6.45) is 0. The van der Waals surface area contributed by atoms with Crippen LogP contribution in [0.4, 0.5) is 5.13 Å². The summed E-state index contributed by atoms with van der Waals surface area (Å²) in [4.78, 5) is 43.1. The highest BCUT2D eigenvalue weighted by molar-refractivity contribution is 7.17. The van der Waals surface area contributed by atoms with Gasteiger partial charge in [0.2, 0.25) is 0 Å². The minimum absolute atomic E-state index is 0.0288. The van der Waals surface area contributed by atoms with Crippen molar-refractivity contribution in [1.29, 1.82) is 0 Å². The van der Waals surface area contributed by atoms with E-state index in [0.717, 1.165) is 11.3 Å². The number of aromatic nitrogens is 2. The molecule has 2 heterocycles. The molecular formula is C15H17N3O4S. The average Bonchev–Trinajstić information content (AvgIpc) is 2.78. The van der Waals surface area contributed by atoms with Crippen molar-refractivity contribution in [1.82, 2.24) is 9.97 Å². The first-order chi connectivity index (χ1) is 10.8. The molecule has 0 aromatic carbocycles. The Labute approximate surface area is 136 Å². The molecule has 1 amide bonds. The molecule has 0 aliphatic rings. The first-order valence-electron chi connectivity index (χ1n) is 7.00. The van der Waals surface area contributed by atoms with Crippen molar-refractivity contribution in [2.75, 3.05) is 11.9 Å². The summed E-state index contributed by atoms with van der Waals surface area (Å²) in [5.41, 5.74) is 1.29. The van der Waals surface area contributed by atoms with Gasteiger partial charge in [-0.05, 0) is 39.3 Å². The van der Waals surface area contributed by atoms with E-state index in [1.807, 2.05) is 0 Å². The topological polar surface area (TPSA) is 101 Å². The zero-order valence-corrected chi connectivity index (χ0v) is 14.1. The van der Waals surface area contributed by atoms with Crippen LogP contribution in [-0.2, 0) is 4.74 Å². The summed E-state index contributed by atoms with van der Waals surface area (Å²) in [6.45, 7) is 7.06. The van der Waals surface area contributed by atoms with Gasteiger partial charge in [0.05, 0.1) is 12.3 Å². The number of carbonyl (C=O) groups excluding carboxylic acids is 2. The van der Waals surface area contributed by atoms with Crippen LogP contribution in [0.5, 0.6) is 0 Å². The fourth-order valence-electron chi connectivity index (χ4n) is 2.13. The lowest BCUT2D eigenvalue weighted by atomic mass is 10.1. The van der Waals surface area contributed by atoms with Gasteiger partial charge in [-0.3, -0.25) is 14.9 Å². The maximum absolute atomic E-state index is 12.3. The number of H-pyrrole nitrogens is 1. The molecule has 0 unspecified atom stereocenters. The summed E-state index contributed by atoms with van der Waals surface area (Å²) >= 11 is 1.02. The van der Waals surface area contributed by atoms with Gasteiger partial charge in [0.15, 0.2) is 5.13 Å². The first-order valence-corrected chi connectivity index (χ1v) is 7.81. The van der Waals surface area contributed by atoms with Crippen LogP contribution in [0.3, 0.4) is 0 Å². The molecule has 7 nitrogen and oxygen atoms in total. The number of anilines is 1. The fraction of sp³-hybridized carbons (Fsp3) is 0.333. The third kappa shape index (κ3) is 3.65. The SMILES string of the molecule is CCOC(=O)c1sc(NC(=O)c2c(C)cc(C)[nH]c2=O)nc1C. The first kappa shape index (κ1) is 16.9. The zero-order chi connectivity index (χ0) is 17.1. The Morgan fingerprint density at radius 2 is 2.04 bits per heavy atom. The molecule has 2 aromatic rings. The quantitative estimate of drug-likeness (QED) is 0.834. The normalized spacial score (nSPS) is 10.4. The summed E-state index contributed by atoms with van der Waals surface area (Å²) in [6, 6.07) is 1.72. The Kier molecular flexibility index (Phi) is 4.95. The average molecular weight is 335 g/mol. The molecule has 0 fully saturated rings. The molecule has 2 N–H and O–H groups in total. The number of aromatic amines is 1. The molecule has 2 aromatic heterocycles. The van der Waals surface area contributed by atoms with E-state index in [1.165, 1.54) is 0 Å². The van der Waals surface area contributed by atoms with Crippen molar-refractivity contribution in [2.45, 2.75) is 27.7 Å². The van der Waals surface area contributed by atoms with Gasteiger partial charge >= 0.3 is 5.97 Å². The van der Waals surface area contributed by atoms with Crippen molar-refractivity contribution in [2.24, 2.45) is 0 Å². The number of hydrogen-bond acceptors (Lipinski definition) is 6. The molecule has 122 valence electrons. The molecule has 8 heteroatoms. The Hall–Kier alpha value is -2.48. The van der Waals surface area contributed by atoms with Crippen molar-refractivity contribution >= 4 is 28.3 Å². The molecule has 23 heavy (non-hydrogen) atoms. The van der Waals surface area contributed by atoms with Crippen LogP contribution in [0.25, 0.3) is 0 Å². The van der Waals surface area contributed by atoms with Gasteiger partial charge in [-0.15, -0.1) is 0 Å². The van der Waals surface area contributed by atoms with E-state index in [9.17, 15) is 14.4 Å². The zero-order valence-electron chi connectivity index (χ0n) is 13.3. The number of nitrogens with zero attached hydrogens (tertiary/aromatic N) is 1. The summed E-state index contributed by atoms with van der Waals surface area (Å²) < 4.78 is 4.93. The van der Waals surface area contributed by atoms with Crippen LogP contribution in [0.1, 0.15) is 43.9 Å². The summed E-state index contributed by atoms with van der Waals surface area (Å²) in [5, 5.41) is 2.80. The van der Waals surface area contributed by atoms with Gasteiger partial charge in [-0.2, -0.15) is 0 Å². The van der Waals surface area contributed by atoms with Crippen LogP contribution < -0.4 is 10.9 Å². The van der Waals surface area contributed by atoms with E-state index in [2.05, 4.69) is 15.3 Å². The van der Waals surface area contributed by atoms with Crippen molar-refractivity contribution < 1.29 is 14.3 Å². The number of hydrogen-bond donors (Lipinski definition) is 2. The highest BCUT2D eigenvalue weighted by atomic mass is 32.1. The monoisotopic (exact) mass is 335 g/mol. The third-order valence-electron chi connectivity index (χ3n) is 3.07. The largest absolute Gasteiger partial charge is 0.462 e. The van der Waals surface area contributed by atoms with Gasteiger partial charge in [0, 0.05) is 5.69 Å². The number of nitrogens with one attached hydrogen (secondary N) is 2. The minimum atomic E-state index is -0.562. The lowest BCUT2D eigenvalue weighted by molar-refractivity contribution is 0.0531. The second-order valence-corrected chi connectivity index (χ2v) is 5.95. The third-order valence-corrected chi connectivity index (χ3v) is 4.12. The van der Waals surface area contributed by atoms with Gasteiger partial charge in [-0.1, -0.05) is 11.3 Å². The maximum atomic E-state index is 12.3. The Balaban J connectivity index is 2.27. The second kappa shape index (κ2) is 6.74. The number of carbonyl (C=O) groups is 2. The smallest absolute Gasteiger partial charge is 0.350 e. The molecule has 0 saturated carbocycles. The Bertz CT molecular complexity index is 823. The highest BCUT2D eigenvalue weighted by Crippen LogP contribution is 2.24. The van der Waals surface area contributed by atoms with Crippen LogP contribution in [0.15, 0.2) is 10.9 Å². The predicted octanol–water partition coefficient (Wildman–Crippen LogP) is 2.19. The number of aryl methyl sites for hydroxylation is 3. The van der Waals surface area contributed by atoms with Gasteiger partial charge in [-0.25, -0.2) is 9.78 Å². The van der Waals surface area contributed by atoms with Crippen molar-refractivity contribution in [3.05, 3.63) is 43.8 Å². The summed E-state index contributed by atoms with van der Waals surface area (Å²) in [5.74, 6) is -1.04. The Morgan fingerprint density at radius 1 is 1.35 bits per heavy atom. The van der Waals surface area contributed by atoms with Gasteiger partial charge in [0.25, 0.3) is 11.5 Å². The van der Waals surface area contributed by atoms with Gasteiger partial charge < -0.3 is 9.72 Å². The molecule has 2 rings (SSSR count). The van der Waals surface area contributed by atoms with E-state index < -0.39 is 17.4 Å². The lowest BCUT2D eigenvalue weighted by Gasteiger charge is -2.05. The van der Waals surface area contributed by atoms with Crippen LogP contribution in [0, 0.1) is 20.8 Å². The standard InChI is InChI=1S/C15H17N3O4S/c1-5-22-14(21)11-9(4)17-15(23-11)18-13(20)10-7(2)6-8(3)16-12(10)19/h6H,5H2,1-4H3,(H,16,19)(H,17,18,20). The van der Waals surface area contributed by atoms with Gasteiger partial charge in [0.1, 0.15) is 10.4 Å². The Morgan fingerprint density at radius 3 is 2.65 bits per heavy atom. The predicted molar refractivity (Wildman–Crippen MR) is 87.3 cm³/mol. The van der Waals surface area contributed by atoms with Crippen LogP contribution >= 0.6 is 11.3 Å². The number of rotatable bonds is 4. The number of pyridine rings is 1. The van der Waals surface area contributed by atoms with E-state index in [4.69, 9.17) is 4.74 Å². The van der Waals surface area contributed by atoms with E-state index in [1.54, 1.807) is 33.8 Å². The fourth-order valence-corrected chi connectivity index (χ4v) is 2.99. The number of ether oxygens (including phenoxy) is 1. The molecule has 0 aliphatic heterocycles.